The van der Waals surface area contributed by atoms with Crippen molar-refractivity contribution < 1.29 is 14.3 Å². The molecule has 4 nitrogen and oxygen atoms in total. The highest BCUT2D eigenvalue weighted by Crippen LogP contribution is 2.21. The third-order valence-electron chi connectivity index (χ3n) is 2.29. The van der Waals surface area contributed by atoms with Crippen LogP contribution in [0.25, 0.3) is 0 Å². The summed E-state index contributed by atoms with van der Waals surface area (Å²) >= 11 is 0. The summed E-state index contributed by atoms with van der Waals surface area (Å²) in [6, 6.07) is 7.33. The monoisotopic (exact) mass is 233 g/mol. The lowest BCUT2D eigenvalue weighted by Gasteiger charge is -2.09. The number of carbonyl (C=O) groups excluding carboxylic acids is 1. The number of methoxy groups -OCH3 is 1. The SMILES string of the molecule is CCOC(=O)c1ccc(CCC#N)cc1OC. The zero-order valence-electron chi connectivity index (χ0n) is 10.0. The number of nitriles is 1. The molecule has 0 saturated carbocycles. The molecule has 1 aromatic carbocycles. The third-order valence-corrected chi connectivity index (χ3v) is 2.29. The Kier molecular flexibility index (Phi) is 5.02. The van der Waals surface area contributed by atoms with Gasteiger partial charge in [0, 0.05) is 6.42 Å². The molecular weight excluding hydrogens is 218 g/mol. The fraction of sp³-hybridized carbons (Fsp3) is 0.385. The van der Waals surface area contributed by atoms with Crippen molar-refractivity contribution in [1.82, 2.24) is 0 Å². The molecule has 0 spiro atoms. The number of ether oxygens (including phenoxy) is 2. The zero-order chi connectivity index (χ0) is 12.7. The van der Waals surface area contributed by atoms with Gasteiger partial charge in [-0.05, 0) is 31.0 Å². The molecule has 0 N–H and O–H groups in total. The Hall–Kier alpha value is -2.02. The Bertz CT molecular complexity index is 435. The molecule has 0 atom stereocenters. The van der Waals surface area contributed by atoms with Crippen molar-refractivity contribution in [2.24, 2.45) is 0 Å². The van der Waals surface area contributed by atoms with Crippen LogP contribution in [-0.4, -0.2) is 19.7 Å². The topological polar surface area (TPSA) is 59.3 Å². The molecule has 0 aliphatic rings. The molecule has 90 valence electrons. The molecule has 0 fully saturated rings. The minimum Gasteiger partial charge on any atom is -0.496 e. The number of aryl methyl sites for hydroxylation is 1. The van der Waals surface area contributed by atoms with Crippen molar-refractivity contribution in [3.05, 3.63) is 29.3 Å². The van der Waals surface area contributed by atoms with Gasteiger partial charge in [-0.15, -0.1) is 0 Å². The number of benzene rings is 1. The molecule has 0 saturated heterocycles. The van der Waals surface area contributed by atoms with Crippen LogP contribution < -0.4 is 4.74 Å². The van der Waals surface area contributed by atoms with Gasteiger partial charge < -0.3 is 9.47 Å². The molecule has 0 radical (unpaired) electrons. The van der Waals surface area contributed by atoms with E-state index in [-0.39, 0.29) is 0 Å². The molecule has 0 heterocycles. The van der Waals surface area contributed by atoms with Crippen LogP contribution in [0.3, 0.4) is 0 Å². The molecule has 1 aromatic rings. The van der Waals surface area contributed by atoms with E-state index < -0.39 is 5.97 Å². The second-order valence-corrected chi connectivity index (χ2v) is 3.41. The van der Waals surface area contributed by atoms with E-state index in [4.69, 9.17) is 14.7 Å². The van der Waals surface area contributed by atoms with E-state index >= 15 is 0 Å². The number of hydrogen-bond donors (Lipinski definition) is 0. The predicted molar refractivity (Wildman–Crippen MR) is 62.9 cm³/mol. The first-order chi connectivity index (χ1) is 8.22. The second kappa shape index (κ2) is 6.54. The highest BCUT2D eigenvalue weighted by atomic mass is 16.5. The van der Waals surface area contributed by atoms with Gasteiger partial charge in [-0.2, -0.15) is 5.26 Å². The van der Waals surface area contributed by atoms with E-state index in [0.29, 0.717) is 30.8 Å². The van der Waals surface area contributed by atoms with Crippen molar-refractivity contribution in [2.75, 3.05) is 13.7 Å². The number of esters is 1. The summed E-state index contributed by atoms with van der Waals surface area (Å²) in [5, 5.41) is 8.51. The molecule has 0 aromatic heterocycles. The highest BCUT2D eigenvalue weighted by molar-refractivity contribution is 5.92. The summed E-state index contributed by atoms with van der Waals surface area (Å²) < 4.78 is 10.1. The fourth-order valence-corrected chi connectivity index (χ4v) is 1.47. The van der Waals surface area contributed by atoms with Crippen LogP contribution in [0.4, 0.5) is 0 Å². The van der Waals surface area contributed by atoms with E-state index in [2.05, 4.69) is 6.07 Å². The van der Waals surface area contributed by atoms with E-state index in [0.717, 1.165) is 5.56 Å². The molecule has 0 aliphatic heterocycles. The maximum atomic E-state index is 11.6. The van der Waals surface area contributed by atoms with Crippen molar-refractivity contribution >= 4 is 5.97 Å². The van der Waals surface area contributed by atoms with Gasteiger partial charge in [-0.25, -0.2) is 4.79 Å². The summed E-state index contributed by atoms with van der Waals surface area (Å²) in [5.74, 6) is 0.0927. The lowest BCUT2D eigenvalue weighted by atomic mass is 10.1. The normalized spacial score (nSPS) is 9.47. The van der Waals surface area contributed by atoms with Crippen LogP contribution in [0.2, 0.25) is 0 Å². The Labute approximate surface area is 101 Å². The maximum Gasteiger partial charge on any atom is 0.341 e. The third kappa shape index (κ3) is 3.49. The van der Waals surface area contributed by atoms with Crippen molar-refractivity contribution in [2.45, 2.75) is 19.8 Å². The summed E-state index contributed by atoms with van der Waals surface area (Å²) in [4.78, 5) is 11.6. The van der Waals surface area contributed by atoms with Crippen LogP contribution in [0, 0.1) is 11.3 Å². The van der Waals surface area contributed by atoms with E-state index in [1.165, 1.54) is 7.11 Å². The van der Waals surface area contributed by atoms with Gasteiger partial charge in [0.2, 0.25) is 0 Å². The summed E-state index contributed by atoms with van der Waals surface area (Å²) in [6.07, 6.45) is 1.10. The van der Waals surface area contributed by atoms with E-state index in [1.54, 1.807) is 19.1 Å². The summed E-state index contributed by atoms with van der Waals surface area (Å²) in [5.41, 5.74) is 1.38. The fourth-order valence-electron chi connectivity index (χ4n) is 1.47. The Morgan fingerprint density at radius 2 is 2.24 bits per heavy atom. The van der Waals surface area contributed by atoms with Crippen LogP contribution in [0.5, 0.6) is 5.75 Å². The van der Waals surface area contributed by atoms with Crippen molar-refractivity contribution in [3.63, 3.8) is 0 Å². The molecule has 0 amide bonds. The number of carbonyl (C=O) groups is 1. The van der Waals surface area contributed by atoms with Gasteiger partial charge in [-0.1, -0.05) is 6.07 Å². The predicted octanol–water partition coefficient (Wildman–Crippen LogP) is 2.33. The molecule has 1 rings (SSSR count). The lowest BCUT2D eigenvalue weighted by molar-refractivity contribution is 0.0522. The summed E-state index contributed by atoms with van der Waals surface area (Å²) in [6.45, 7) is 2.09. The number of hydrogen-bond acceptors (Lipinski definition) is 4. The standard InChI is InChI=1S/C13H15NO3/c1-3-17-13(15)11-7-6-10(5-4-8-14)9-12(11)16-2/h6-7,9H,3-5H2,1-2H3. The van der Waals surface area contributed by atoms with Gasteiger partial charge in [-0.3, -0.25) is 0 Å². The second-order valence-electron chi connectivity index (χ2n) is 3.41. The molecule has 0 bridgehead atoms. The Morgan fingerprint density at radius 3 is 2.82 bits per heavy atom. The highest BCUT2D eigenvalue weighted by Gasteiger charge is 2.13. The Balaban J connectivity index is 2.93. The van der Waals surface area contributed by atoms with Crippen molar-refractivity contribution in [3.8, 4) is 11.8 Å². The molecular formula is C13H15NO3. The van der Waals surface area contributed by atoms with Gasteiger partial charge >= 0.3 is 5.97 Å². The van der Waals surface area contributed by atoms with Gasteiger partial charge in [0.05, 0.1) is 19.8 Å². The Morgan fingerprint density at radius 1 is 1.47 bits per heavy atom. The average molecular weight is 233 g/mol. The van der Waals surface area contributed by atoms with Gasteiger partial charge in [0.15, 0.2) is 0 Å². The number of nitrogens with zero attached hydrogens (tertiary/aromatic N) is 1. The van der Waals surface area contributed by atoms with Gasteiger partial charge in [0.25, 0.3) is 0 Å². The smallest absolute Gasteiger partial charge is 0.341 e. The molecule has 4 heteroatoms. The first-order valence-electron chi connectivity index (χ1n) is 5.44. The number of rotatable bonds is 5. The molecule has 17 heavy (non-hydrogen) atoms. The van der Waals surface area contributed by atoms with Crippen LogP contribution in [0.15, 0.2) is 18.2 Å². The zero-order valence-corrected chi connectivity index (χ0v) is 10.0. The first kappa shape index (κ1) is 13.0. The van der Waals surface area contributed by atoms with Crippen LogP contribution in [0.1, 0.15) is 29.3 Å². The molecule has 0 aliphatic carbocycles. The largest absolute Gasteiger partial charge is 0.496 e. The maximum absolute atomic E-state index is 11.6. The lowest BCUT2D eigenvalue weighted by Crippen LogP contribution is -2.07. The van der Waals surface area contributed by atoms with E-state index in [1.807, 2.05) is 6.07 Å². The van der Waals surface area contributed by atoms with Gasteiger partial charge in [0.1, 0.15) is 11.3 Å². The first-order valence-corrected chi connectivity index (χ1v) is 5.44. The molecule has 0 unspecified atom stereocenters. The van der Waals surface area contributed by atoms with Crippen LogP contribution in [-0.2, 0) is 11.2 Å². The summed E-state index contributed by atoms with van der Waals surface area (Å²) in [7, 11) is 1.51. The van der Waals surface area contributed by atoms with Crippen LogP contribution >= 0.6 is 0 Å². The minimum atomic E-state index is -0.392. The van der Waals surface area contributed by atoms with Crippen molar-refractivity contribution in [1.29, 1.82) is 5.26 Å². The minimum absolute atomic E-state index is 0.332. The quantitative estimate of drug-likeness (QED) is 0.732. The van der Waals surface area contributed by atoms with E-state index in [9.17, 15) is 4.79 Å². The average Bonchev–Trinajstić information content (AvgIpc) is 2.36.